The number of nitrogens with zero attached hydrogens (tertiary/aromatic N) is 1. The summed E-state index contributed by atoms with van der Waals surface area (Å²) in [5.41, 5.74) is 7.94. The molecule has 0 aliphatic heterocycles. The minimum atomic E-state index is -0.235. The van der Waals surface area contributed by atoms with Gasteiger partial charge in [-0.25, -0.2) is 9.37 Å². The molecule has 0 saturated heterocycles. The van der Waals surface area contributed by atoms with Crippen LogP contribution < -0.4 is 5.73 Å². The molecule has 0 aliphatic carbocycles. The number of H-pyrrole nitrogens is 1. The average molecular weight is 275 g/mol. The minimum absolute atomic E-state index is 0.0546. The van der Waals surface area contributed by atoms with E-state index in [1.165, 1.54) is 31.4 Å². The Bertz CT molecular complexity index is 519. The van der Waals surface area contributed by atoms with E-state index in [1.807, 2.05) is 0 Å². The second-order valence-corrected chi connectivity index (χ2v) is 5.14. The Morgan fingerprint density at radius 2 is 1.95 bits per heavy atom. The summed E-state index contributed by atoms with van der Waals surface area (Å²) in [4.78, 5) is 7.57. The number of rotatable bonds is 7. The van der Waals surface area contributed by atoms with E-state index in [1.54, 1.807) is 18.3 Å². The first kappa shape index (κ1) is 14.7. The quantitative estimate of drug-likeness (QED) is 0.744. The van der Waals surface area contributed by atoms with Crippen molar-refractivity contribution >= 4 is 0 Å². The Hall–Kier alpha value is -1.68. The second-order valence-electron chi connectivity index (χ2n) is 5.14. The van der Waals surface area contributed by atoms with Crippen LogP contribution >= 0.6 is 0 Å². The molecular weight excluding hydrogens is 253 g/mol. The third-order valence-electron chi connectivity index (χ3n) is 3.47. The normalized spacial score (nSPS) is 12.6. The Morgan fingerprint density at radius 3 is 2.65 bits per heavy atom. The smallest absolute Gasteiger partial charge is 0.123 e. The van der Waals surface area contributed by atoms with Crippen LogP contribution in [-0.2, 0) is 0 Å². The number of benzene rings is 1. The third-order valence-corrected chi connectivity index (χ3v) is 3.47. The number of nitrogens with two attached hydrogens (primary N) is 1. The van der Waals surface area contributed by atoms with E-state index in [0.29, 0.717) is 0 Å². The number of aromatic nitrogens is 2. The van der Waals surface area contributed by atoms with Crippen LogP contribution in [0.1, 0.15) is 50.9 Å². The van der Waals surface area contributed by atoms with Crippen LogP contribution in [0.15, 0.2) is 30.5 Å². The van der Waals surface area contributed by atoms with Gasteiger partial charge in [0.05, 0.1) is 17.9 Å². The van der Waals surface area contributed by atoms with Crippen molar-refractivity contribution in [3.8, 4) is 11.3 Å². The molecule has 4 heteroatoms. The van der Waals surface area contributed by atoms with E-state index in [-0.39, 0.29) is 11.9 Å². The van der Waals surface area contributed by atoms with Crippen molar-refractivity contribution in [1.82, 2.24) is 9.97 Å². The number of aromatic amines is 1. The van der Waals surface area contributed by atoms with Gasteiger partial charge in [-0.2, -0.15) is 0 Å². The number of nitrogens with one attached hydrogen (secondary N) is 1. The predicted molar refractivity (Wildman–Crippen MR) is 79.7 cm³/mol. The molecule has 0 radical (unpaired) electrons. The molecule has 1 aromatic heterocycles. The summed E-state index contributed by atoms with van der Waals surface area (Å²) in [5, 5.41) is 0. The largest absolute Gasteiger partial charge is 0.341 e. The molecule has 20 heavy (non-hydrogen) atoms. The zero-order valence-electron chi connectivity index (χ0n) is 11.9. The van der Waals surface area contributed by atoms with Gasteiger partial charge in [-0.15, -0.1) is 0 Å². The summed E-state index contributed by atoms with van der Waals surface area (Å²) < 4.78 is 12.9. The maximum Gasteiger partial charge on any atom is 0.123 e. The Kier molecular flexibility index (Phi) is 5.30. The maximum atomic E-state index is 12.9. The SMILES string of the molecule is CCCCCC[C@H](N)c1ncc(-c2ccc(F)cc2)[nH]1. The van der Waals surface area contributed by atoms with Gasteiger partial charge in [0.2, 0.25) is 0 Å². The first-order chi connectivity index (χ1) is 9.70. The van der Waals surface area contributed by atoms with Gasteiger partial charge in [-0.05, 0) is 36.2 Å². The van der Waals surface area contributed by atoms with Crippen LogP contribution in [0.25, 0.3) is 11.3 Å². The molecule has 0 spiro atoms. The summed E-state index contributed by atoms with van der Waals surface area (Å²) in [6.07, 6.45) is 7.53. The van der Waals surface area contributed by atoms with E-state index in [0.717, 1.165) is 29.9 Å². The molecule has 108 valence electrons. The van der Waals surface area contributed by atoms with Gasteiger partial charge >= 0.3 is 0 Å². The Balaban J connectivity index is 1.96. The standard InChI is InChI=1S/C16H22FN3/c1-2-3-4-5-6-14(18)16-19-11-15(20-16)12-7-9-13(17)10-8-12/h7-11,14H,2-6,18H2,1H3,(H,19,20)/t14-/m0/s1. The van der Waals surface area contributed by atoms with Gasteiger partial charge in [-0.1, -0.05) is 32.6 Å². The van der Waals surface area contributed by atoms with Crippen LogP contribution in [0.2, 0.25) is 0 Å². The first-order valence-corrected chi connectivity index (χ1v) is 7.27. The fourth-order valence-corrected chi connectivity index (χ4v) is 2.23. The van der Waals surface area contributed by atoms with Crippen molar-refractivity contribution < 1.29 is 4.39 Å². The molecule has 3 nitrogen and oxygen atoms in total. The minimum Gasteiger partial charge on any atom is -0.341 e. The van der Waals surface area contributed by atoms with Crippen molar-refractivity contribution in [1.29, 1.82) is 0 Å². The lowest BCUT2D eigenvalue weighted by atomic mass is 10.1. The van der Waals surface area contributed by atoms with E-state index in [2.05, 4.69) is 16.9 Å². The van der Waals surface area contributed by atoms with Gasteiger partial charge in [-0.3, -0.25) is 0 Å². The predicted octanol–water partition coefficient (Wildman–Crippen LogP) is 4.19. The monoisotopic (exact) mass is 275 g/mol. The van der Waals surface area contributed by atoms with Crippen molar-refractivity contribution in [3.63, 3.8) is 0 Å². The van der Waals surface area contributed by atoms with Crippen molar-refractivity contribution in [2.45, 2.75) is 45.1 Å². The molecule has 3 N–H and O–H groups in total. The molecule has 0 fully saturated rings. The fourth-order valence-electron chi connectivity index (χ4n) is 2.23. The topological polar surface area (TPSA) is 54.7 Å². The lowest BCUT2D eigenvalue weighted by Crippen LogP contribution is -2.11. The number of hydrogen-bond donors (Lipinski definition) is 2. The molecule has 0 amide bonds. The highest BCUT2D eigenvalue weighted by Crippen LogP contribution is 2.21. The van der Waals surface area contributed by atoms with Crippen LogP contribution in [0.3, 0.4) is 0 Å². The maximum absolute atomic E-state index is 12.9. The zero-order chi connectivity index (χ0) is 14.4. The summed E-state index contributed by atoms with van der Waals surface area (Å²) in [5.74, 6) is 0.571. The molecule has 2 rings (SSSR count). The Morgan fingerprint density at radius 1 is 1.20 bits per heavy atom. The number of imidazole rings is 1. The molecule has 1 aromatic carbocycles. The lowest BCUT2D eigenvalue weighted by molar-refractivity contribution is 0.550. The van der Waals surface area contributed by atoms with E-state index in [9.17, 15) is 4.39 Å². The average Bonchev–Trinajstić information content (AvgIpc) is 2.94. The van der Waals surface area contributed by atoms with Crippen LogP contribution in [-0.4, -0.2) is 9.97 Å². The van der Waals surface area contributed by atoms with Crippen molar-refractivity contribution in [3.05, 3.63) is 42.1 Å². The number of hydrogen-bond acceptors (Lipinski definition) is 2. The highest BCUT2D eigenvalue weighted by molar-refractivity contribution is 5.58. The van der Waals surface area contributed by atoms with Gasteiger partial charge in [0.1, 0.15) is 11.6 Å². The fraction of sp³-hybridized carbons (Fsp3) is 0.438. The summed E-state index contributed by atoms with van der Waals surface area (Å²) >= 11 is 0. The van der Waals surface area contributed by atoms with Gasteiger partial charge in [0, 0.05) is 0 Å². The zero-order valence-corrected chi connectivity index (χ0v) is 11.9. The third kappa shape index (κ3) is 3.90. The lowest BCUT2D eigenvalue weighted by Gasteiger charge is -2.08. The van der Waals surface area contributed by atoms with Crippen LogP contribution in [0.4, 0.5) is 4.39 Å². The first-order valence-electron chi connectivity index (χ1n) is 7.27. The highest BCUT2D eigenvalue weighted by Gasteiger charge is 2.10. The molecule has 0 aliphatic rings. The van der Waals surface area contributed by atoms with E-state index >= 15 is 0 Å². The molecule has 1 heterocycles. The molecule has 0 bridgehead atoms. The Labute approximate surface area is 119 Å². The molecule has 0 unspecified atom stereocenters. The molecule has 1 atom stereocenters. The molecule has 0 saturated carbocycles. The van der Waals surface area contributed by atoms with Crippen molar-refractivity contribution in [2.24, 2.45) is 5.73 Å². The van der Waals surface area contributed by atoms with Gasteiger partial charge < -0.3 is 10.7 Å². The van der Waals surface area contributed by atoms with Crippen LogP contribution in [0.5, 0.6) is 0 Å². The summed E-state index contributed by atoms with van der Waals surface area (Å²) in [6, 6.07) is 6.31. The highest BCUT2D eigenvalue weighted by atomic mass is 19.1. The second kappa shape index (κ2) is 7.20. The molecular formula is C16H22FN3. The van der Waals surface area contributed by atoms with E-state index in [4.69, 9.17) is 5.73 Å². The van der Waals surface area contributed by atoms with Gasteiger partial charge in [0.25, 0.3) is 0 Å². The van der Waals surface area contributed by atoms with Crippen molar-refractivity contribution in [2.75, 3.05) is 0 Å². The number of halogens is 1. The summed E-state index contributed by atoms with van der Waals surface area (Å²) in [6.45, 7) is 2.20. The van der Waals surface area contributed by atoms with Gasteiger partial charge in [0.15, 0.2) is 0 Å². The number of unbranched alkanes of at least 4 members (excludes halogenated alkanes) is 3. The molecule has 2 aromatic rings. The summed E-state index contributed by atoms with van der Waals surface area (Å²) in [7, 11) is 0. The van der Waals surface area contributed by atoms with E-state index < -0.39 is 0 Å². The van der Waals surface area contributed by atoms with Crippen LogP contribution in [0, 0.1) is 5.82 Å².